The number of amides is 1. The molecule has 0 saturated carbocycles. The first kappa shape index (κ1) is 13.6. The third kappa shape index (κ3) is 2.97. The number of nitrogens with one attached hydrogen (secondary N) is 1. The molecule has 0 fully saturated rings. The average Bonchev–Trinajstić information content (AvgIpc) is 2.36. The third-order valence-corrected chi connectivity index (χ3v) is 3.19. The Morgan fingerprint density at radius 1 is 1.21 bits per heavy atom. The predicted octanol–water partition coefficient (Wildman–Crippen LogP) is 3.97. The Balaban J connectivity index is 2.28. The van der Waals surface area contributed by atoms with Gasteiger partial charge in [-0.3, -0.25) is 4.79 Å². The van der Waals surface area contributed by atoms with Crippen molar-refractivity contribution >= 4 is 40.5 Å². The van der Waals surface area contributed by atoms with E-state index < -0.39 is 11.7 Å². The molecule has 0 unspecified atom stereocenters. The number of benzene rings is 2. The maximum absolute atomic E-state index is 12.9. The van der Waals surface area contributed by atoms with Crippen LogP contribution >= 0.6 is 23.2 Å². The quantitative estimate of drug-likeness (QED) is 0.824. The van der Waals surface area contributed by atoms with Gasteiger partial charge in [-0.15, -0.1) is 0 Å². The van der Waals surface area contributed by atoms with Gasteiger partial charge in [0.2, 0.25) is 0 Å². The number of halogens is 3. The van der Waals surface area contributed by atoms with Crippen molar-refractivity contribution < 1.29 is 9.18 Å². The highest BCUT2D eigenvalue weighted by Gasteiger charge is 2.13. The Labute approximate surface area is 119 Å². The SMILES string of the molecule is Nc1cccc(C(=O)Nc2ccc(F)cc2Cl)c1Cl. The van der Waals surface area contributed by atoms with Gasteiger partial charge in [0, 0.05) is 0 Å². The summed E-state index contributed by atoms with van der Waals surface area (Å²) in [7, 11) is 0. The van der Waals surface area contributed by atoms with Crippen molar-refractivity contribution in [2.45, 2.75) is 0 Å². The van der Waals surface area contributed by atoms with E-state index in [1.165, 1.54) is 18.2 Å². The molecule has 0 atom stereocenters. The zero-order valence-corrected chi connectivity index (χ0v) is 11.1. The lowest BCUT2D eigenvalue weighted by Crippen LogP contribution is -2.13. The van der Waals surface area contributed by atoms with Crippen LogP contribution in [-0.4, -0.2) is 5.91 Å². The largest absolute Gasteiger partial charge is 0.398 e. The summed E-state index contributed by atoms with van der Waals surface area (Å²) in [6, 6.07) is 8.41. The second-order valence-corrected chi connectivity index (χ2v) is 4.57. The van der Waals surface area contributed by atoms with Crippen LogP contribution in [0.1, 0.15) is 10.4 Å². The third-order valence-electron chi connectivity index (χ3n) is 2.45. The first-order chi connectivity index (χ1) is 8.99. The number of nitrogen functional groups attached to an aromatic ring is 1. The van der Waals surface area contributed by atoms with Gasteiger partial charge >= 0.3 is 0 Å². The Kier molecular flexibility index (Phi) is 3.93. The number of carbonyl (C=O) groups excluding carboxylic acids is 1. The Morgan fingerprint density at radius 2 is 1.95 bits per heavy atom. The summed E-state index contributed by atoms with van der Waals surface area (Å²) in [5, 5.41) is 2.81. The van der Waals surface area contributed by atoms with Crippen LogP contribution in [0.3, 0.4) is 0 Å². The molecule has 3 nitrogen and oxygen atoms in total. The van der Waals surface area contributed by atoms with Crippen molar-refractivity contribution in [3.05, 3.63) is 57.8 Å². The Morgan fingerprint density at radius 3 is 2.63 bits per heavy atom. The van der Waals surface area contributed by atoms with Gasteiger partial charge in [0.15, 0.2) is 0 Å². The van der Waals surface area contributed by atoms with E-state index in [0.29, 0.717) is 11.4 Å². The van der Waals surface area contributed by atoms with Gasteiger partial charge in [-0.2, -0.15) is 0 Å². The molecule has 0 heterocycles. The highest BCUT2D eigenvalue weighted by atomic mass is 35.5. The molecule has 0 aliphatic rings. The van der Waals surface area contributed by atoms with E-state index in [-0.39, 0.29) is 15.6 Å². The van der Waals surface area contributed by atoms with E-state index in [1.54, 1.807) is 12.1 Å². The van der Waals surface area contributed by atoms with Crippen molar-refractivity contribution in [1.82, 2.24) is 0 Å². The second-order valence-electron chi connectivity index (χ2n) is 3.79. The summed E-state index contributed by atoms with van der Waals surface area (Å²) >= 11 is 11.8. The number of hydrogen-bond acceptors (Lipinski definition) is 2. The molecule has 19 heavy (non-hydrogen) atoms. The molecule has 0 saturated heterocycles. The van der Waals surface area contributed by atoms with E-state index in [4.69, 9.17) is 28.9 Å². The van der Waals surface area contributed by atoms with E-state index in [9.17, 15) is 9.18 Å². The highest BCUT2D eigenvalue weighted by Crippen LogP contribution is 2.26. The van der Waals surface area contributed by atoms with Crippen molar-refractivity contribution in [1.29, 1.82) is 0 Å². The molecule has 6 heteroatoms. The first-order valence-corrected chi connectivity index (χ1v) is 6.05. The number of anilines is 2. The van der Waals surface area contributed by atoms with Gasteiger partial charge < -0.3 is 11.1 Å². The van der Waals surface area contributed by atoms with Crippen LogP contribution < -0.4 is 11.1 Å². The minimum Gasteiger partial charge on any atom is -0.398 e. The fourth-order valence-electron chi connectivity index (χ4n) is 1.51. The maximum atomic E-state index is 12.9. The molecule has 3 N–H and O–H groups in total. The summed E-state index contributed by atoms with van der Waals surface area (Å²) in [6.45, 7) is 0. The predicted molar refractivity (Wildman–Crippen MR) is 75.2 cm³/mol. The van der Waals surface area contributed by atoms with Gasteiger partial charge in [-0.05, 0) is 30.3 Å². The molecule has 2 rings (SSSR count). The number of carbonyl (C=O) groups is 1. The fraction of sp³-hybridized carbons (Fsp3) is 0. The van der Waals surface area contributed by atoms with Crippen LogP contribution in [0.25, 0.3) is 0 Å². The van der Waals surface area contributed by atoms with Crippen molar-refractivity contribution in [3.63, 3.8) is 0 Å². The summed E-state index contributed by atoms with van der Waals surface area (Å²) in [6.07, 6.45) is 0. The van der Waals surface area contributed by atoms with Gasteiger partial charge in [0.05, 0.1) is 27.0 Å². The summed E-state index contributed by atoms with van der Waals surface area (Å²) in [5.41, 5.74) is 6.44. The lowest BCUT2D eigenvalue weighted by atomic mass is 10.2. The van der Waals surface area contributed by atoms with Crippen molar-refractivity contribution in [2.24, 2.45) is 0 Å². The zero-order valence-electron chi connectivity index (χ0n) is 9.58. The van der Waals surface area contributed by atoms with Crippen LogP contribution in [0.15, 0.2) is 36.4 Å². The topological polar surface area (TPSA) is 55.1 Å². The standard InChI is InChI=1S/C13H9Cl2FN2O/c14-9-6-7(16)4-5-11(9)18-13(19)8-2-1-3-10(17)12(8)15/h1-6H,17H2,(H,18,19). The van der Waals surface area contributed by atoms with Crippen molar-refractivity contribution in [3.8, 4) is 0 Å². The number of hydrogen-bond donors (Lipinski definition) is 2. The van der Waals surface area contributed by atoms with Gasteiger partial charge in [0.25, 0.3) is 5.91 Å². The lowest BCUT2D eigenvalue weighted by Gasteiger charge is -2.09. The first-order valence-electron chi connectivity index (χ1n) is 5.29. The fourth-order valence-corrected chi connectivity index (χ4v) is 1.93. The van der Waals surface area contributed by atoms with Crippen LogP contribution in [0.2, 0.25) is 10.0 Å². The molecule has 0 aliphatic heterocycles. The second kappa shape index (κ2) is 5.47. The van der Waals surface area contributed by atoms with Gasteiger partial charge in [0.1, 0.15) is 5.82 Å². The maximum Gasteiger partial charge on any atom is 0.257 e. The Bertz CT molecular complexity index is 647. The van der Waals surface area contributed by atoms with Crippen LogP contribution in [0.5, 0.6) is 0 Å². The monoisotopic (exact) mass is 298 g/mol. The molecule has 0 radical (unpaired) electrons. The smallest absolute Gasteiger partial charge is 0.257 e. The average molecular weight is 299 g/mol. The molecular weight excluding hydrogens is 290 g/mol. The van der Waals surface area contributed by atoms with Gasteiger partial charge in [-0.25, -0.2) is 4.39 Å². The summed E-state index contributed by atoms with van der Waals surface area (Å²) in [5.74, 6) is -0.948. The summed E-state index contributed by atoms with van der Waals surface area (Å²) in [4.78, 5) is 12.0. The van der Waals surface area contributed by atoms with E-state index in [0.717, 1.165) is 6.07 Å². The minimum atomic E-state index is -0.481. The van der Waals surface area contributed by atoms with E-state index in [1.807, 2.05) is 0 Å². The minimum absolute atomic E-state index is 0.105. The Hall–Kier alpha value is -1.78. The normalized spacial score (nSPS) is 10.3. The molecule has 1 amide bonds. The number of rotatable bonds is 2. The lowest BCUT2D eigenvalue weighted by molar-refractivity contribution is 0.102. The van der Waals surface area contributed by atoms with Crippen LogP contribution in [0, 0.1) is 5.82 Å². The summed E-state index contributed by atoms with van der Waals surface area (Å²) < 4.78 is 12.9. The molecular formula is C13H9Cl2FN2O. The molecule has 0 aliphatic carbocycles. The molecule has 2 aromatic carbocycles. The van der Waals surface area contributed by atoms with Gasteiger partial charge in [-0.1, -0.05) is 29.3 Å². The number of nitrogens with two attached hydrogens (primary N) is 1. The molecule has 0 spiro atoms. The van der Waals surface area contributed by atoms with Crippen LogP contribution in [0.4, 0.5) is 15.8 Å². The molecule has 2 aromatic rings. The van der Waals surface area contributed by atoms with Crippen LogP contribution in [-0.2, 0) is 0 Å². The highest BCUT2D eigenvalue weighted by molar-refractivity contribution is 6.37. The molecule has 98 valence electrons. The van der Waals surface area contributed by atoms with Crippen molar-refractivity contribution in [2.75, 3.05) is 11.1 Å². The molecule has 0 aromatic heterocycles. The van der Waals surface area contributed by atoms with E-state index in [2.05, 4.69) is 5.32 Å². The molecule has 0 bridgehead atoms. The van der Waals surface area contributed by atoms with E-state index >= 15 is 0 Å². The zero-order chi connectivity index (χ0) is 14.0.